The first-order valence-electron chi connectivity index (χ1n) is 7.09. The highest BCUT2D eigenvalue weighted by atomic mass is 32.1. The number of hydrogen-bond acceptors (Lipinski definition) is 4. The van der Waals surface area contributed by atoms with E-state index in [2.05, 4.69) is 29.4 Å². The number of nitrogens with one attached hydrogen (secondary N) is 1. The zero-order valence-electron chi connectivity index (χ0n) is 12.6. The van der Waals surface area contributed by atoms with E-state index in [0.29, 0.717) is 10.8 Å². The van der Waals surface area contributed by atoms with Gasteiger partial charge in [0.1, 0.15) is 4.99 Å². The van der Waals surface area contributed by atoms with E-state index in [9.17, 15) is 0 Å². The van der Waals surface area contributed by atoms with Gasteiger partial charge in [-0.3, -0.25) is 0 Å². The summed E-state index contributed by atoms with van der Waals surface area (Å²) in [5, 5.41) is 11.9. The minimum Gasteiger partial charge on any atom is -0.389 e. The number of aromatic nitrogens is 2. The molecule has 3 N–H and O–H groups in total. The van der Waals surface area contributed by atoms with E-state index < -0.39 is 0 Å². The lowest BCUT2D eigenvalue weighted by Gasteiger charge is -2.16. The molecule has 0 spiro atoms. The van der Waals surface area contributed by atoms with Crippen LogP contribution in [0.3, 0.4) is 0 Å². The smallest absolute Gasteiger partial charge is 0.163 e. The summed E-state index contributed by atoms with van der Waals surface area (Å²) in [5.74, 6) is 0.630. The molecule has 0 aliphatic rings. The summed E-state index contributed by atoms with van der Waals surface area (Å²) in [6, 6.07) is 8.01. The van der Waals surface area contributed by atoms with Crippen LogP contribution >= 0.6 is 12.2 Å². The number of anilines is 2. The van der Waals surface area contributed by atoms with E-state index in [0.717, 1.165) is 40.9 Å². The number of hydrogen-bond donors (Lipinski definition) is 2. The van der Waals surface area contributed by atoms with E-state index >= 15 is 0 Å². The zero-order chi connectivity index (χ0) is 15.4. The van der Waals surface area contributed by atoms with Crippen LogP contribution in [-0.4, -0.2) is 15.2 Å². The van der Waals surface area contributed by atoms with Gasteiger partial charge in [0, 0.05) is 5.69 Å². The predicted octanol–water partition coefficient (Wildman–Crippen LogP) is 3.29. The number of para-hydroxylation sites is 1. The van der Waals surface area contributed by atoms with Crippen molar-refractivity contribution in [3.8, 4) is 0 Å². The van der Waals surface area contributed by atoms with Crippen LogP contribution in [-0.2, 0) is 12.8 Å². The van der Waals surface area contributed by atoms with Gasteiger partial charge < -0.3 is 11.1 Å². The molecule has 1 aromatic carbocycles. The van der Waals surface area contributed by atoms with Crippen molar-refractivity contribution < 1.29 is 0 Å². The van der Waals surface area contributed by atoms with E-state index in [1.165, 1.54) is 0 Å². The summed E-state index contributed by atoms with van der Waals surface area (Å²) in [6.45, 7) is 6.17. The molecule has 0 saturated heterocycles. The van der Waals surface area contributed by atoms with E-state index in [-0.39, 0.29) is 0 Å². The molecule has 0 fully saturated rings. The number of rotatable bonds is 5. The van der Waals surface area contributed by atoms with Crippen LogP contribution in [0.4, 0.5) is 11.5 Å². The van der Waals surface area contributed by atoms with Crippen LogP contribution in [0.25, 0.3) is 0 Å². The highest BCUT2D eigenvalue weighted by Gasteiger charge is 2.17. The molecule has 0 atom stereocenters. The predicted molar refractivity (Wildman–Crippen MR) is 91.1 cm³/mol. The molecular weight excluding hydrogens is 280 g/mol. The molecule has 2 rings (SSSR count). The number of benzene rings is 1. The number of aryl methyl sites for hydroxylation is 2. The second kappa shape index (κ2) is 6.63. The van der Waals surface area contributed by atoms with Gasteiger partial charge in [-0.1, -0.05) is 44.3 Å². The molecule has 0 aliphatic carbocycles. The van der Waals surface area contributed by atoms with Crippen molar-refractivity contribution in [2.45, 2.75) is 33.6 Å². The van der Waals surface area contributed by atoms with Crippen LogP contribution in [0.1, 0.15) is 36.2 Å². The Morgan fingerprint density at radius 1 is 1.19 bits per heavy atom. The zero-order valence-corrected chi connectivity index (χ0v) is 13.4. The molecule has 5 heteroatoms. The second-order valence-electron chi connectivity index (χ2n) is 4.86. The first kappa shape index (κ1) is 15.4. The largest absolute Gasteiger partial charge is 0.389 e. The first-order chi connectivity index (χ1) is 10.1. The van der Waals surface area contributed by atoms with Crippen molar-refractivity contribution in [1.29, 1.82) is 0 Å². The number of thiocarbonyl (C=S) groups is 1. The fraction of sp³-hybridized carbons (Fsp3) is 0.312. The number of nitrogens with two attached hydrogens (primary N) is 1. The van der Waals surface area contributed by atoms with Crippen LogP contribution in [0.5, 0.6) is 0 Å². The summed E-state index contributed by atoms with van der Waals surface area (Å²) in [7, 11) is 0. The Balaban J connectivity index is 2.54. The van der Waals surface area contributed by atoms with Crippen LogP contribution < -0.4 is 11.1 Å². The van der Waals surface area contributed by atoms with Crippen LogP contribution in [0.15, 0.2) is 24.3 Å². The standard InChI is InChI=1S/C16H20N4S/c1-4-11-12(5-2)19-20-16(14(11)15(17)21)18-13-9-7-6-8-10(13)3/h6-9H,4-5H2,1-3H3,(H2,17,21)(H,18,20). The summed E-state index contributed by atoms with van der Waals surface area (Å²) in [6.07, 6.45) is 1.64. The Labute approximate surface area is 130 Å². The van der Waals surface area contributed by atoms with Gasteiger partial charge in [-0.05, 0) is 37.0 Å². The third-order valence-corrected chi connectivity index (χ3v) is 3.69. The maximum absolute atomic E-state index is 5.93. The Morgan fingerprint density at radius 2 is 1.90 bits per heavy atom. The second-order valence-corrected chi connectivity index (χ2v) is 5.30. The van der Waals surface area contributed by atoms with Gasteiger partial charge >= 0.3 is 0 Å². The van der Waals surface area contributed by atoms with Gasteiger partial charge in [0.05, 0.1) is 11.3 Å². The topological polar surface area (TPSA) is 63.8 Å². The van der Waals surface area contributed by atoms with Crippen molar-refractivity contribution in [1.82, 2.24) is 10.2 Å². The molecule has 2 aromatic rings. The molecule has 21 heavy (non-hydrogen) atoms. The molecule has 0 amide bonds. The molecule has 4 nitrogen and oxygen atoms in total. The Kier molecular flexibility index (Phi) is 4.85. The summed E-state index contributed by atoms with van der Waals surface area (Å²) in [4.78, 5) is 0.354. The van der Waals surface area contributed by atoms with E-state index in [1.54, 1.807) is 0 Å². The molecule has 0 bridgehead atoms. The highest BCUT2D eigenvalue weighted by molar-refractivity contribution is 7.80. The average molecular weight is 300 g/mol. The van der Waals surface area contributed by atoms with Gasteiger partial charge in [0.25, 0.3) is 0 Å². The van der Waals surface area contributed by atoms with Crippen molar-refractivity contribution >= 4 is 28.7 Å². The maximum atomic E-state index is 5.93. The lowest BCUT2D eigenvalue weighted by molar-refractivity contribution is 0.879. The normalized spacial score (nSPS) is 10.4. The molecule has 0 unspecified atom stereocenters. The molecule has 1 aromatic heterocycles. The Morgan fingerprint density at radius 3 is 2.48 bits per heavy atom. The Bertz CT molecular complexity index is 667. The van der Waals surface area contributed by atoms with Crippen molar-refractivity contribution in [2.24, 2.45) is 5.73 Å². The lowest BCUT2D eigenvalue weighted by atomic mass is 10.0. The Hall–Kier alpha value is -2.01. The monoisotopic (exact) mass is 300 g/mol. The highest BCUT2D eigenvalue weighted by Crippen LogP contribution is 2.25. The van der Waals surface area contributed by atoms with Gasteiger partial charge in [-0.15, -0.1) is 5.10 Å². The van der Waals surface area contributed by atoms with Crippen molar-refractivity contribution in [3.63, 3.8) is 0 Å². The van der Waals surface area contributed by atoms with Crippen LogP contribution in [0, 0.1) is 6.92 Å². The van der Waals surface area contributed by atoms with E-state index in [4.69, 9.17) is 18.0 Å². The minimum absolute atomic E-state index is 0.354. The molecule has 0 saturated carbocycles. The van der Waals surface area contributed by atoms with Crippen LogP contribution in [0.2, 0.25) is 0 Å². The number of nitrogens with zero attached hydrogens (tertiary/aromatic N) is 2. The fourth-order valence-electron chi connectivity index (χ4n) is 2.37. The molecule has 0 aliphatic heterocycles. The molecule has 0 radical (unpaired) electrons. The van der Waals surface area contributed by atoms with Gasteiger partial charge in [-0.25, -0.2) is 0 Å². The molecule has 1 heterocycles. The van der Waals surface area contributed by atoms with Crippen molar-refractivity contribution in [2.75, 3.05) is 5.32 Å². The quantitative estimate of drug-likeness (QED) is 0.830. The molecule has 110 valence electrons. The summed E-state index contributed by atoms with van der Waals surface area (Å²) in [5.41, 5.74) is 10.9. The third-order valence-electron chi connectivity index (χ3n) is 3.49. The van der Waals surface area contributed by atoms with Gasteiger partial charge in [-0.2, -0.15) is 5.10 Å². The van der Waals surface area contributed by atoms with Gasteiger partial charge in [0.2, 0.25) is 0 Å². The minimum atomic E-state index is 0.354. The SMILES string of the molecule is CCc1nnc(Nc2ccccc2C)c(C(N)=S)c1CC. The summed E-state index contributed by atoms with van der Waals surface area (Å²) < 4.78 is 0. The fourth-order valence-corrected chi connectivity index (χ4v) is 2.59. The third kappa shape index (κ3) is 3.19. The first-order valence-corrected chi connectivity index (χ1v) is 7.50. The van der Waals surface area contributed by atoms with E-state index in [1.807, 2.05) is 31.2 Å². The summed E-state index contributed by atoms with van der Waals surface area (Å²) >= 11 is 5.23. The average Bonchev–Trinajstić information content (AvgIpc) is 2.48. The molecular formula is C16H20N4S. The van der Waals surface area contributed by atoms with Crippen molar-refractivity contribution in [3.05, 3.63) is 46.6 Å². The lowest BCUT2D eigenvalue weighted by Crippen LogP contribution is -2.18. The van der Waals surface area contributed by atoms with Gasteiger partial charge in [0.15, 0.2) is 5.82 Å². The maximum Gasteiger partial charge on any atom is 0.163 e.